The number of pyridine rings is 3. The molecule has 1 amide bonds. The molecule has 45 heavy (non-hydrogen) atoms. The number of benzene rings is 1. The number of nitrogens with zero attached hydrogens (tertiary/aromatic N) is 6. The molecule has 4 heterocycles. The summed E-state index contributed by atoms with van der Waals surface area (Å²) in [6.45, 7) is 4.22. The van der Waals surface area contributed by atoms with Crippen molar-refractivity contribution in [1.29, 1.82) is 0 Å². The molecule has 3 N–H and O–H groups in total. The second-order valence-electron chi connectivity index (χ2n) is 12.0. The van der Waals surface area contributed by atoms with E-state index < -0.39 is 16.1 Å². The van der Waals surface area contributed by atoms with Crippen molar-refractivity contribution in [2.45, 2.75) is 56.0 Å². The van der Waals surface area contributed by atoms with Crippen molar-refractivity contribution in [3.05, 3.63) is 96.1 Å². The van der Waals surface area contributed by atoms with E-state index in [0.29, 0.717) is 46.7 Å². The fraction of sp³-hybridized carbons (Fsp3) is 0.312. The maximum atomic E-state index is 13.9. The molecule has 12 nitrogen and oxygen atoms in total. The lowest BCUT2D eigenvalue weighted by Crippen LogP contribution is -2.29. The lowest BCUT2D eigenvalue weighted by molar-refractivity contribution is 0.0935. The van der Waals surface area contributed by atoms with E-state index in [1.165, 1.54) is 6.20 Å². The van der Waals surface area contributed by atoms with Crippen LogP contribution >= 0.6 is 0 Å². The van der Waals surface area contributed by atoms with E-state index >= 15 is 0 Å². The summed E-state index contributed by atoms with van der Waals surface area (Å²) in [5.41, 5.74) is 3.65. The van der Waals surface area contributed by atoms with Gasteiger partial charge in [-0.2, -0.15) is 0 Å². The zero-order valence-electron chi connectivity index (χ0n) is 24.9. The van der Waals surface area contributed by atoms with Crippen LogP contribution in [-0.2, 0) is 10.0 Å². The first kappa shape index (κ1) is 29.0. The van der Waals surface area contributed by atoms with E-state index in [9.17, 15) is 13.2 Å². The summed E-state index contributed by atoms with van der Waals surface area (Å²) in [5.74, 6) is 0.647. The van der Waals surface area contributed by atoms with Gasteiger partial charge in [0.25, 0.3) is 5.91 Å². The minimum absolute atomic E-state index is 0.126. The summed E-state index contributed by atoms with van der Waals surface area (Å²) in [5, 5.41) is 16.5. The van der Waals surface area contributed by atoms with Gasteiger partial charge in [-0.25, -0.2) is 13.1 Å². The van der Waals surface area contributed by atoms with Crippen molar-refractivity contribution < 1.29 is 13.2 Å². The summed E-state index contributed by atoms with van der Waals surface area (Å²) < 4.78 is 32.3. The Bertz CT molecular complexity index is 1980. The molecule has 230 valence electrons. The molecule has 1 fully saturated rings. The Morgan fingerprint density at radius 3 is 2.53 bits per heavy atom. The van der Waals surface area contributed by atoms with Gasteiger partial charge in [0.05, 0.1) is 34.4 Å². The molecule has 0 radical (unpaired) electrons. The highest BCUT2D eigenvalue weighted by Gasteiger charge is 2.38. The quantitative estimate of drug-likeness (QED) is 0.205. The molecule has 2 aliphatic rings. The van der Waals surface area contributed by atoms with Crippen molar-refractivity contribution in [2.75, 3.05) is 11.9 Å². The van der Waals surface area contributed by atoms with Gasteiger partial charge in [0, 0.05) is 53.7 Å². The van der Waals surface area contributed by atoms with Crippen LogP contribution in [0.15, 0.2) is 78.6 Å². The molecular weight excluding hydrogens is 590 g/mol. The maximum absolute atomic E-state index is 13.9. The van der Waals surface area contributed by atoms with E-state index in [-0.39, 0.29) is 22.8 Å². The third kappa shape index (κ3) is 5.76. The zero-order valence-corrected chi connectivity index (χ0v) is 25.7. The number of sulfonamides is 1. The average Bonchev–Trinajstić information content (AvgIpc) is 3.71. The van der Waals surface area contributed by atoms with Crippen molar-refractivity contribution >= 4 is 32.7 Å². The van der Waals surface area contributed by atoms with Crippen LogP contribution in [0.1, 0.15) is 78.3 Å². The first-order valence-corrected chi connectivity index (χ1v) is 16.5. The van der Waals surface area contributed by atoms with Crippen LogP contribution in [0.5, 0.6) is 0 Å². The third-order valence-electron chi connectivity index (χ3n) is 8.24. The summed E-state index contributed by atoms with van der Waals surface area (Å²) >= 11 is 0. The van der Waals surface area contributed by atoms with Gasteiger partial charge in [-0.05, 0) is 72.7 Å². The number of carbonyl (C=O) groups is 1. The molecule has 2 atom stereocenters. The Labute approximate surface area is 260 Å². The topological polar surface area (TPSA) is 157 Å². The first-order chi connectivity index (χ1) is 21.8. The standard InChI is InChI=1S/C32H33N9O3S/c1-19(2)14-37-45(43,44)29-12-24-27(38-31(42)21-5-3-9-33-15-21)13-28(30(24)25-17-35-26(11-23(25)29)20-7-8-20)39-32-40-36-18-41(32)22-6-4-10-34-16-22/h3-6,9-12,15-20,27-28,37H,7-8,13-14H2,1-2H3,(H,38,42)(H,39,40)/t27-,28-/m0/s1. The third-order valence-corrected chi connectivity index (χ3v) is 9.71. The number of amides is 1. The van der Waals surface area contributed by atoms with Gasteiger partial charge < -0.3 is 10.6 Å². The van der Waals surface area contributed by atoms with Crippen molar-refractivity contribution in [3.63, 3.8) is 0 Å². The number of nitrogens with one attached hydrogen (secondary N) is 3. The number of hydrogen-bond acceptors (Lipinski definition) is 9. The maximum Gasteiger partial charge on any atom is 0.253 e. The summed E-state index contributed by atoms with van der Waals surface area (Å²) in [6, 6.07) is 9.92. The summed E-state index contributed by atoms with van der Waals surface area (Å²) in [6.07, 6.45) is 12.4. The average molecular weight is 624 g/mol. The fourth-order valence-electron chi connectivity index (χ4n) is 5.86. The van der Waals surface area contributed by atoms with E-state index in [2.05, 4.69) is 35.5 Å². The highest BCUT2D eigenvalue weighted by atomic mass is 32.2. The second kappa shape index (κ2) is 11.6. The van der Waals surface area contributed by atoms with Crippen LogP contribution in [0.25, 0.3) is 16.5 Å². The Hall–Kier alpha value is -4.75. The SMILES string of the molecule is CC(C)CNS(=O)(=O)c1cc2c(c3cnc(C4CC4)cc13)[C@@H](Nc1nncn1-c1cccnc1)C[C@@H]2NC(=O)c1cccnc1. The van der Waals surface area contributed by atoms with Crippen molar-refractivity contribution in [1.82, 2.24) is 39.8 Å². The molecule has 1 aromatic carbocycles. The van der Waals surface area contributed by atoms with E-state index in [0.717, 1.165) is 29.8 Å². The van der Waals surface area contributed by atoms with E-state index in [1.54, 1.807) is 53.9 Å². The highest BCUT2D eigenvalue weighted by molar-refractivity contribution is 7.89. The Morgan fingerprint density at radius 2 is 1.82 bits per heavy atom. The first-order valence-electron chi connectivity index (χ1n) is 15.0. The number of carbonyl (C=O) groups excluding carboxylic acids is 1. The predicted molar refractivity (Wildman–Crippen MR) is 168 cm³/mol. The second-order valence-corrected chi connectivity index (χ2v) is 13.7. The van der Waals surface area contributed by atoms with Crippen LogP contribution in [0, 0.1) is 5.92 Å². The number of anilines is 1. The van der Waals surface area contributed by atoms with Gasteiger partial charge in [-0.3, -0.25) is 24.3 Å². The van der Waals surface area contributed by atoms with Crippen LogP contribution in [0.3, 0.4) is 0 Å². The molecule has 0 saturated heterocycles. The van der Waals surface area contributed by atoms with Gasteiger partial charge in [-0.15, -0.1) is 10.2 Å². The van der Waals surface area contributed by atoms with Gasteiger partial charge in [-0.1, -0.05) is 13.8 Å². The minimum Gasteiger partial charge on any atom is -0.347 e. The lowest BCUT2D eigenvalue weighted by atomic mass is 9.98. The normalized spacial score (nSPS) is 17.8. The molecule has 0 bridgehead atoms. The molecule has 0 aliphatic heterocycles. The predicted octanol–water partition coefficient (Wildman–Crippen LogP) is 4.45. The van der Waals surface area contributed by atoms with Gasteiger partial charge in [0.2, 0.25) is 16.0 Å². The molecule has 1 saturated carbocycles. The number of aromatic nitrogens is 6. The highest BCUT2D eigenvalue weighted by Crippen LogP contribution is 2.47. The molecule has 0 spiro atoms. The summed E-state index contributed by atoms with van der Waals surface area (Å²) in [4.78, 5) is 26.7. The molecule has 5 aromatic rings. The smallest absolute Gasteiger partial charge is 0.253 e. The monoisotopic (exact) mass is 623 g/mol. The van der Waals surface area contributed by atoms with Crippen LogP contribution in [0.2, 0.25) is 0 Å². The Kier molecular flexibility index (Phi) is 7.50. The van der Waals surface area contributed by atoms with Crippen molar-refractivity contribution in [3.8, 4) is 5.69 Å². The van der Waals surface area contributed by atoms with E-state index in [4.69, 9.17) is 4.98 Å². The van der Waals surface area contributed by atoms with Crippen LogP contribution in [-0.4, -0.2) is 50.6 Å². The Balaban J connectivity index is 1.37. The van der Waals surface area contributed by atoms with E-state index in [1.807, 2.05) is 32.0 Å². The molecule has 7 rings (SSSR count). The minimum atomic E-state index is -3.89. The van der Waals surface area contributed by atoms with Gasteiger partial charge in [0.15, 0.2) is 0 Å². The molecule has 0 unspecified atom stereocenters. The largest absolute Gasteiger partial charge is 0.347 e. The number of fused-ring (bicyclic) bond motifs is 3. The lowest BCUT2D eigenvalue weighted by Gasteiger charge is -2.19. The fourth-order valence-corrected chi connectivity index (χ4v) is 7.31. The molecule has 2 aliphatic carbocycles. The number of rotatable bonds is 10. The van der Waals surface area contributed by atoms with Crippen molar-refractivity contribution in [2.24, 2.45) is 5.92 Å². The number of hydrogen-bond donors (Lipinski definition) is 3. The van der Waals surface area contributed by atoms with Gasteiger partial charge in [0.1, 0.15) is 6.33 Å². The Morgan fingerprint density at radius 1 is 1.02 bits per heavy atom. The molecular formula is C32H33N9O3S. The van der Waals surface area contributed by atoms with Crippen LogP contribution < -0.4 is 15.4 Å². The molecule has 13 heteroatoms. The van der Waals surface area contributed by atoms with Crippen LogP contribution in [0.4, 0.5) is 5.95 Å². The van der Waals surface area contributed by atoms with Gasteiger partial charge >= 0.3 is 0 Å². The zero-order chi connectivity index (χ0) is 31.1. The summed E-state index contributed by atoms with van der Waals surface area (Å²) in [7, 11) is -3.89. The molecule has 4 aromatic heterocycles.